The fraction of sp³-hybridized carbons (Fsp3) is 0.833. The quantitative estimate of drug-likeness (QED) is 0.215. The second kappa shape index (κ2) is 11.1. The van der Waals surface area contributed by atoms with Gasteiger partial charge in [-0.3, -0.25) is 0 Å². The van der Waals surface area contributed by atoms with Gasteiger partial charge in [-0.1, -0.05) is 11.2 Å². The molecule has 0 fully saturated rings. The van der Waals surface area contributed by atoms with Crippen molar-refractivity contribution in [3.05, 3.63) is 0 Å². The standard InChI is InChI=1S/C6H11NOS2.Na.H/c1-10(8)5-3-2-4-7-6-9;;/h2-5H2,1H3;;/t10-;;/m1../s1. The van der Waals surface area contributed by atoms with E-state index in [1.807, 2.05) is 0 Å². The van der Waals surface area contributed by atoms with E-state index >= 15 is 0 Å². The molecule has 0 heterocycles. The van der Waals surface area contributed by atoms with Gasteiger partial charge < -0.3 is 4.55 Å². The Labute approximate surface area is 98.3 Å². The third-order valence-electron chi connectivity index (χ3n) is 1.02. The van der Waals surface area contributed by atoms with Gasteiger partial charge in [-0.2, -0.15) is 0 Å². The molecule has 0 aromatic rings. The topological polar surface area (TPSA) is 35.4 Å². The molecule has 0 unspecified atom stereocenters. The van der Waals surface area contributed by atoms with Crippen LogP contribution in [0.5, 0.6) is 0 Å². The van der Waals surface area contributed by atoms with Gasteiger partial charge in [-0.05, 0) is 25.1 Å². The molecule has 0 radical (unpaired) electrons. The van der Waals surface area contributed by atoms with Crippen LogP contribution in [0.3, 0.4) is 0 Å². The van der Waals surface area contributed by atoms with Crippen LogP contribution in [-0.4, -0.2) is 57.8 Å². The van der Waals surface area contributed by atoms with Crippen LogP contribution < -0.4 is 0 Å². The molecule has 60 valence electrons. The van der Waals surface area contributed by atoms with E-state index in [2.05, 4.69) is 22.4 Å². The molecule has 0 rings (SSSR count). The van der Waals surface area contributed by atoms with Crippen LogP contribution in [0, 0.1) is 0 Å². The Morgan fingerprint density at radius 1 is 1.55 bits per heavy atom. The van der Waals surface area contributed by atoms with E-state index in [9.17, 15) is 4.55 Å². The molecular formula is C6H12NNaOS2. The van der Waals surface area contributed by atoms with Gasteiger partial charge in [0.1, 0.15) is 5.75 Å². The zero-order valence-corrected chi connectivity index (χ0v) is 7.63. The maximum atomic E-state index is 10.5. The van der Waals surface area contributed by atoms with E-state index in [1.165, 1.54) is 0 Å². The maximum absolute atomic E-state index is 10.5. The van der Waals surface area contributed by atoms with E-state index in [1.54, 1.807) is 6.26 Å². The summed E-state index contributed by atoms with van der Waals surface area (Å²) in [6.45, 7) is 0.723. The molecule has 11 heavy (non-hydrogen) atoms. The van der Waals surface area contributed by atoms with Gasteiger partial charge in [0.05, 0.1) is 11.4 Å². The first kappa shape index (κ1) is 14.6. The summed E-state index contributed by atoms with van der Waals surface area (Å²) >= 11 is 3.72. The SMILES string of the molecule is C[S@@+]([O-])CCCCN=C=S.[NaH]. The molecule has 0 spiro atoms. The van der Waals surface area contributed by atoms with Crippen molar-refractivity contribution in [3.8, 4) is 0 Å². The Morgan fingerprint density at radius 2 is 2.18 bits per heavy atom. The van der Waals surface area contributed by atoms with Crippen molar-refractivity contribution in [2.45, 2.75) is 12.8 Å². The monoisotopic (exact) mass is 201 g/mol. The van der Waals surface area contributed by atoms with Crippen molar-refractivity contribution in [3.63, 3.8) is 0 Å². The molecule has 0 aliphatic rings. The number of hydrogen-bond donors (Lipinski definition) is 0. The van der Waals surface area contributed by atoms with E-state index in [0.29, 0.717) is 0 Å². The summed E-state index contributed by atoms with van der Waals surface area (Å²) < 4.78 is 10.5. The van der Waals surface area contributed by atoms with E-state index < -0.39 is 11.2 Å². The van der Waals surface area contributed by atoms with Crippen molar-refractivity contribution in [1.29, 1.82) is 0 Å². The molecule has 0 aliphatic carbocycles. The van der Waals surface area contributed by atoms with Crippen LogP contribution in [0.1, 0.15) is 12.8 Å². The third kappa shape index (κ3) is 14.0. The van der Waals surface area contributed by atoms with Crippen LogP contribution in [0.4, 0.5) is 0 Å². The molecule has 0 N–H and O–H groups in total. The number of nitrogens with zero attached hydrogens (tertiary/aromatic N) is 1. The summed E-state index contributed by atoms with van der Waals surface area (Å²) in [6, 6.07) is 0. The zero-order chi connectivity index (χ0) is 7.82. The summed E-state index contributed by atoms with van der Waals surface area (Å²) in [5.74, 6) is 0.771. The van der Waals surface area contributed by atoms with Crippen LogP contribution in [0.25, 0.3) is 0 Å². The second-order valence-electron chi connectivity index (χ2n) is 1.96. The fourth-order valence-corrected chi connectivity index (χ4v) is 1.24. The van der Waals surface area contributed by atoms with E-state index in [0.717, 1.165) is 25.1 Å². The van der Waals surface area contributed by atoms with Gasteiger partial charge in [0.2, 0.25) is 0 Å². The third-order valence-corrected chi connectivity index (χ3v) is 2.01. The molecule has 0 saturated heterocycles. The first-order chi connectivity index (χ1) is 4.77. The van der Waals surface area contributed by atoms with Gasteiger partial charge in [-0.15, -0.1) is 0 Å². The van der Waals surface area contributed by atoms with E-state index in [4.69, 9.17) is 0 Å². The van der Waals surface area contributed by atoms with Crippen molar-refractivity contribution in [1.82, 2.24) is 0 Å². The Bertz CT molecular complexity index is 126. The predicted octanol–water partition coefficient (Wildman–Crippen LogP) is 0.599. The van der Waals surface area contributed by atoms with Crippen molar-refractivity contribution in [2.75, 3.05) is 18.6 Å². The Kier molecular flexibility index (Phi) is 14.8. The average Bonchev–Trinajstić information content (AvgIpc) is 1.87. The van der Waals surface area contributed by atoms with Gasteiger partial charge in [0.15, 0.2) is 0 Å². The molecule has 0 bridgehead atoms. The molecule has 0 aliphatic heterocycles. The minimum absolute atomic E-state index is 0. The van der Waals surface area contributed by atoms with E-state index in [-0.39, 0.29) is 29.6 Å². The molecule has 2 nitrogen and oxygen atoms in total. The Balaban J connectivity index is 0. The minimum atomic E-state index is -0.659. The van der Waals surface area contributed by atoms with Crippen LogP contribution >= 0.6 is 12.2 Å². The van der Waals surface area contributed by atoms with Crippen LogP contribution in [-0.2, 0) is 11.2 Å². The van der Waals surface area contributed by atoms with Crippen LogP contribution in [0.15, 0.2) is 4.99 Å². The fourth-order valence-electron chi connectivity index (χ4n) is 0.542. The van der Waals surface area contributed by atoms with Gasteiger partial charge >= 0.3 is 29.6 Å². The first-order valence-electron chi connectivity index (χ1n) is 3.11. The molecule has 0 saturated carbocycles. The normalized spacial score (nSPS) is 11.1. The number of hydrogen-bond acceptors (Lipinski definition) is 3. The number of unbranched alkanes of at least 4 members (excludes halogenated alkanes) is 1. The number of isothiocyanates is 1. The van der Waals surface area contributed by atoms with Gasteiger partial charge in [0.25, 0.3) is 0 Å². The molecule has 0 aromatic heterocycles. The molecule has 0 amide bonds. The Morgan fingerprint density at radius 3 is 2.64 bits per heavy atom. The van der Waals surface area contributed by atoms with Crippen LogP contribution in [0.2, 0.25) is 0 Å². The Hall–Kier alpha value is 1.11. The summed E-state index contributed by atoms with van der Waals surface area (Å²) in [5.41, 5.74) is 0. The molecule has 0 aromatic carbocycles. The average molecular weight is 201 g/mol. The first-order valence-corrected chi connectivity index (χ1v) is 5.24. The van der Waals surface area contributed by atoms with Gasteiger partial charge in [-0.25, -0.2) is 4.99 Å². The summed E-state index contributed by atoms with van der Waals surface area (Å²) in [7, 11) is 0. The van der Waals surface area contributed by atoms with Crippen molar-refractivity contribution >= 4 is 58.1 Å². The number of thiocarbonyl (C=S) groups is 1. The second-order valence-corrected chi connectivity index (χ2v) is 3.69. The van der Waals surface area contributed by atoms with Gasteiger partial charge in [0, 0.05) is 6.54 Å². The summed E-state index contributed by atoms with van der Waals surface area (Å²) in [6.07, 6.45) is 3.63. The molecule has 5 heteroatoms. The zero-order valence-electron chi connectivity index (χ0n) is 6.00. The molecular weight excluding hydrogens is 189 g/mol. The molecule has 1 atom stereocenters. The summed E-state index contributed by atoms with van der Waals surface area (Å²) in [4.78, 5) is 3.73. The predicted molar refractivity (Wildman–Crippen MR) is 55.2 cm³/mol. The van der Waals surface area contributed by atoms with Crippen molar-refractivity contribution in [2.24, 2.45) is 4.99 Å². The number of aliphatic imine (C=N–C) groups is 1. The summed E-state index contributed by atoms with van der Waals surface area (Å²) in [5, 5.41) is 2.29. The van der Waals surface area contributed by atoms with Crippen molar-refractivity contribution < 1.29 is 4.55 Å². The number of rotatable bonds is 5.